The third-order valence-electron chi connectivity index (χ3n) is 3.37. The van der Waals surface area contributed by atoms with Gasteiger partial charge in [0.2, 0.25) is 0 Å². The first-order valence-corrected chi connectivity index (χ1v) is 7.09. The third kappa shape index (κ3) is 4.43. The van der Waals surface area contributed by atoms with Crippen molar-refractivity contribution in [1.29, 1.82) is 0 Å². The normalized spacial score (nSPS) is 10.4. The molecule has 0 atom stereocenters. The quantitative estimate of drug-likeness (QED) is 0.814. The minimum Gasteiger partial charge on any atom is -0.383 e. The van der Waals surface area contributed by atoms with E-state index in [0.717, 1.165) is 11.1 Å². The van der Waals surface area contributed by atoms with Crippen LogP contribution in [0.2, 0.25) is 0 Å². The van der Waals surface area contributed by atoms with Crippen molar-refractivity contribution >= 4 is 5.91 Å². The summed E-state index contributed by atoms with van der Waals surface area (Å²) in [5.74, 6) is 0.0379. The topological polar surface area (TPSA) is 29.5 Å². The molecule has 0 heterocycles. The van der Waals surface area contributed by atoms with Gasteiger partial charge in [-0.3, -0.25) is 4.79 Å². The summed E-state index contributed by atoms with van der Waals surface area (Å²) in [5, 5.41) is 0. The number of carbonyl (C=O) groups is 1. The molecule has 0 aromatic heterocycles. The maximum Gasteiger partial charge on any atom is 0.254 e. The van der Waals surface area contributed by atoms with Crippen molar-refractivity contribution < 1.29 is 9.53 Å². The molecule has 0 radical (unpaired) electrons. The van der Waals surface area contributed by atoms with Crippen LogP contribution in [-0.2, 0) is 11.3 Å². The molecule has 0 fully saturated rings. The van der Waals surface area contributed by atoms with Crippen molar-refractivity contribution in [3.8, 4) is 0 Å². The Kier molecular flexibility index (Phi) is 5.52. The maximum atomic E-state index is 12.6. The van der Waals surface area contributed by atoms with Crippen LogP contribution in [0, 0.1) is 6.92 Å². The summed E-state index contributed by atoms with van der Waals surface area (Å²) in [4.78, 5) is 14.5. The number of methoxy groups -OCH3 is 1. The lowest BCUT2D eigenvalue weighted by atomic mass is 10.1. The molecule has 0 aliphatic heterocycles. The number of hydrogen-bond donors (Lipinski definition) is 0. The van der Waals surface area contributed by atoms with E-state index in [0.29, 0.717) is 25.3 Å². The minimum absolute atomic E-state index is 0.0379. The first-order chi connectivity index (χ1) is 10.2. The molecular formula is C18H21NO2. The highest BCUT2D eigenvalue weighted by molar-refractivity contribution is 5.94. The molecule has 3 nitrogen and oxygen atoms in total. The van der Waals surface area contributed by atoms with Gasteiger partial charge >= 0.3 is 0 Å². The Morgan fingerprint density at radius 2 is 1.71 bits per heavy atom. The van der Waals surface area contributed by atoms with E-state index >= 15 is 0 Å². The fraction of sp³-hybridized carbons (Fsp3) is 0.278. The third-order valence-corrected chi connectivity index (χ3v) is 3.37. The summed E-state index contributed by atoms with van der Waals surface area (Å²) in [6.45, 7) is 3.72. The number of rotatable bonds is 6. The van der Waals surface area contributed by atoms with Crippen LogP contribution in [0.5, 0.6) is 0 Å². The number of carbonyl (C=O) groups excluding carboxylic acids is 1. The lowest BCUT2D eigenvalue weighted by Crippen LogP contribution is -2.33. The first-order valence-electron chi connectivity index (χ1n) is 7.09. The summed E-state index contributed by atoms with van der Waals surface area (Å²) >= 11 is 0. The Morgan fingerprint density at radius 3 is 2.33 bits per heavy atom. The second kappa shape index (κ2) is 7.60. The molecule has 0 aliphatic carbocycles. The number of nitrogens with zero attached hydrogens (tertiary/aromatic N) is 1. The minimum atomic E-state index is 0.0379. The van der Waals surface area contributed by atoms with Gasteiger partial charge in [-0.2, -0.15) is 0 Å². The molecule has 110 valence electrons. The van der Waals surface area contributed by atoms with Crippen LogP contribution >= 0.6 is 0 Å². The predicted molar refractivity (Wildman–Crippen MR) is 84.2 cm³/mol. The maximum absolute atomic E-state index is 12.6. The van der Waals surface area contributed by atoms with E-state index < -0.39 is 0 Å². The molecule has 0 unspecified atom stereocenters. The molecule has 0 aliphatic rings. The molecule has 0 saturated carbocycles. The van der Waals surface area contributed by atoms with Crippen LogP contribution in [0.4, 0.5) is 0 Å². The Hall–Kier alpha value is -2.13. The molecule has 0 saturated heterocycles. The highest BCUT2D eigenvalue weighted by Crippen LogP contribution is 2.11. The fourth-order valence-electron chi connectivity index (χ4n) is 2.14. The van der Waals surface area contributed by atoms with E-state index in [-0.39, 0.29) is 5.91 Å². The van der Waals surface area contributed by atoms with E-state index in [1.165, 1.54) is 0 Å². The summed E-state index contributed by atoms with van der Waals surface area (Å²) in [5.41, 5.74) is 2.99. The zero-order valence-corrected chi connectivity index (χ0v) is 12.6. The van der Waals surface area contributed by atoms with Crippen LogP contribution in [0.3, 0.4) is 0 Å². The number of benzene rings is 2. The number of hydrogen-bond acceptors (Lipinski definition) is 2. The van der Waals surface area contributed by atoms with Gasteiger partial charge in [-0.15, -0.1) is 0 Å². The Balaban J connectivity index is 2.14. The Labute approximate surface area is 126 Å². The van der Waals surface area contributed by atoms with E-state index in [1.54, 1.807) is 7.11 Å². The van der Waals surface area contributed by atoms with E-state index in [2.05, 4.69) is 0 Å². The Morgan fingerprint density at radius 1 is 1.05 bits per heavy atom. The van der Waals surface area contributed by atoms with Gasteiger partial charge in [-0.05, 0) is 24.6 Å². The van der Waals surface area contributed by atoms with Crippen molar-refractivity contribution in [2.75, 3.05) is 20.3 Å². The zero-order valence-electron chi connectivity index (χ0n) is 12.6. The molecule has 2 aromatic carbocycles. The summed E-state index contributed by atoms with van der Waals surface area (Å²) in [6.07, 6.45) is 0. The van der Waals surface area contributed by atoms with E-state index in [9.17, 15) is 4.79 Å². The summed E-state index contributed by atoms with van der Waals surface area (Å²) in [7, 11) is 1.65. The van der Waals surface area contributed by atoms with Crippen LogP contribution in [0.1, 0.15) is 21.5 Å². The second-order valence-corrected chi connectivity index (χ2v) is 5.07. The SMILES string of the molecule is COCCN(Cc1ccccc1)C(=O)c1ccc(C)cc1. The van der Waals surface area contributed by atoms with Crippen LogP contribution in [0.15, 0.2) is 54.6 Å². The van der Waals surface area contributed by atoms with Gasteiger partial charge in [0, 0.05) is 25.8 Å². The fourth-order valence-corrected chi connectivity index (χ4v) is 2.14. The summed E-state index contributed by atoms with van der Waals surface area (Å²) < 4.78 is 5.12. The van der Waals surface area contributed by atoms with Crippen LogP contribution in [-0.4, -0.2) is 31.1 Å². The van der Waals surface area contributed by atoms with Gasteiger partial charge in [0.05, 0.1) is 6.61 Å². The largest absolute Gasteiger partial charge is 0.383 e. The lowest BCUT2D eigenvalue weighted by molar-refractivity contribution is 0.0680. The van der Waals surface area contributed by atoms with Crippen LogP contribution < -0.4 is 0 Å². The first kappa shape index (κ1) is 15.3. The highest BCUT2D eigenvalue weighted by atomic mass is 16.5. The molecule has 2 rings (SSSR count). The second-order valence-electron chi connectivity index (χ2n) is 5.07. The highest BCUT2D eigenvalue weighted by Gasteiger charge is 2.15. The number of ether oxygens (including phenoxy) is 1. The van der Waals surface area contributed by atoms with Crippen molar-refractivity contribution in [3.63, 3.8) is 0 Å². The van der Waals surface area contributed by atoms with Gasteiger partial charge in [0.25, 0.3) is 5.91 Å². The van der Waals surface area contributed by atoms with Crippen molar-refractivity contribution in [1.82, 2.24) is 4.90 Å². The smallest absolute Gasteiger partial charge is 0.254 e. The molecule has 21 heavy (non-hydrogen) atoms. The number of amides is 1. The summed E-state index contributed by atoms with van der Waals surface area (Å²) in [6, 6.07) is 17.7. The van der Waals surface area contributed by atoms with Gasteiger partial charge < -0.3 is 9.64 Å². The van der Waals surface area contributed by atoms with E-state index in [1.807, 2.05) is 66.4 Å². The molecule has 2 aromatic rings. The Bertz CT molecular complexity index is 564. The van der Waals surface area contributed by atoms with Crippen molar-refractivity contribution in [3.05, 3.63) is 71.3 Å². The molecule has 0 N–H and O–H groups in total. The van der Waals surface area contributed by atoms with Gasteiger partial charge in [0.1, 0.15) is 0 Å². The zero-order chi connectivity index (χ0) is 15.1. The van der Waals surface area contributed by atoms with Crippen molar-refractivity contribution in [2.24, 2.45) is 0 Å². The molecular weight excluding hydrogens is 262 g/mol. The molecule has 3 heteroatoms. The van der Waals surface area contributed by atoms with Crippen LogP contribution in [0.25, 0.3) is 0 Å². The predicted octanol–water partition coefficient (Wildman–Crippen LogP) is 3.28. The van der Waals surface area contributed by atoms with Gasteiger partial charge in [-0.25, -0.2) is 0 Å². The van der Waals surface area contributed by atoms with Crippen molar-refractivity contribution in [2.45, 2.75) is 13.5 Å². The average Bonchev–Trinajstić information content (AvgIpc) is 2.52. The van der Waals surface area contributed by atoms with E-state index in [4.69, 9.17) is 4.74 Å². The molecule has 0 bridgehead atoms. The average molecular weight is 283 g/mol. The van der Waals surface area contributed by atoms with Gasteiger partial charge in [-0.1, -0.05) is 48.0 Å². The monoisotopic (exact) mass is 283 g/mol. The lowest BCUT2D eigenvalue weighted by Gasteiger charge is -2.22. The molecule has 0 spiro atoms. The molecule has 1 amide bonds. The van der Waals surface area contributed by atoms with Gasteiger partial charge in [0.15, 0.2) is 0 Å². The number of aryl methyl sites for hydroxylation is 1. The standard InChI is InChI=1S/C18H21NO2/c1-15-8-10-17(11-9-15)18(20)19(12-13-21-2)14-16-6-4-3-5-7-16/h3-11H,12-14H2,1-2H3.